The van der Waals surface area contributed by atoms with Crippen molar-refractivity contribution in [2.45, 2.75) is 76.7 Å². The molecule has 0 spiro atoms. The van der Waals surface area contributed by atoms with Gasteiger partial charge in [-0.15, -0.1) is 6.58 Å². The lowest BCUT2D eigenvalue weighted by atomic mass is 9.46. The standard InChI is InChI=1S/C27H39NO2S/c1-17(2)15-21-16-20(5)23-13-14-27(6,24-12-9-19(4)25(21)26(23)24)28-31(29,30)22-10-7-18(3)8-11-22/h7-8,10-11,20-21,23-26,28H,1,4,9,12-16H2,2-3,5-6H3/t20-,21+,23+,24-,25-,26+,27-/m0/s1. The highest BCUT2D eigenvalue weighted by Crippen LogP contribution is 2.60. The Balaban J connectivity index is 1.66. The number of aryl methyl sites for hydroxylation is 1. The lowest BCUT2D eigenvalue weighted by Crippen LogP contribution is -2.62. The number of hydrogen-bond donors (Lipinski definition) is 1. The van der Waals surface area contributed by atoms with Gasteiger partial charge >= 0.3 is 0 Å². The fraction of sp³-hybridized carbons (Fsp3) is 0.630. The average molecular weight is 442 g/mol. The van der Waals surface area contributed by atoms with Crippen molar-refractivity contribution >= 4 is 10.0 Å². The summed E-state index contributed by atoms with van der Waals surface area (Å²) >= 11 is 0. The molecule has 1 aromatic carbocycles. The van der Waals surface area contributed by atoms with Gasteiger partial charge in [0.2, 0.25) is 10.0 Å². The van der Waals surface area contributed by atoms with E-state index in [1.54, 1.807) is 12.1 Å². The molecule has 3 aliphatic carbocycles. The lowest BCUT2D eigenvalue weighted by molar-refractivity contribution is -0.0625. The molecule has 0 aromatic heterocycles. The fourth-order valence-corrected chi connectivity index (χ4v) is 8.83. The van der Waals surface area contributed by atoms with Gasteiger partial charge in [0.25, 0.3) is 0 Å². The third kappa shape index (κ3) is 4.18. The minimum absolute atomic E-state index is 0.359. The van der Waals surface area contributed by atoms with Crippen molar-refractivity contribution in [3.63, 3.8) is 0 Å². The van der Waals surface area contributed by atoms with E-state index < -0.39 is 15.6 Å². The Kier molecular flexibility index (Phi) is 6.02. The van der Waals surface area contributed by atoms with E-state index >= 15 is 0 Å². The minimum Gasteiger partial charge on any atom is -0.207 e. The predicted molar refractivity (Wildman–Crippen MR) is 128 cm³/mol. The second-order valence-corrected chi connectivity index (χ2v) is 12.8. The van der Waals surface area contributed by atoms with E-state index in [2.05, 4.69) is 38.7 Å². The van der Waals surface area contributed by atoms with E-state index in [1.165, 1.54) is 17.6 Å². The molecule has 0 aliphatic heterocycles. The van der Waals surface area contributed by atoms with Crippen LogP contribution in [0.3, 0.4) is 0 Å². The maximum atomic E-state index is 13.3. The normalized spacial score (nSPS) is 37.9. The van der Waals surface area contributed by atoms with Crippen LogP contribution in [0.5, 0.6) is 0 Å². The Bertz CT molecular complexity index is 963. The largest absolute Gasteiger partial charge is 0.241 e. The van der Waals surface area contributed by atoms with Crippen LogP contribution in [0.4, 0.5) is 0 Å². The second kappa shape index (κ2) is 8.19. The van der Waals surface area contributed by atoms with Crippen LogP contribution in [0.25, 0.3) is 0 Å². The van der Waals surface area contributed by atoms with Crippen LogP contribution in [-0.2, 0) is 10.0 Å². The van der Waals surface area contributed by atoms with Gasteiger partial charge in [-0.25, -0.2) is 13.1 Å². The van der Waals surface area contributed by atoms with Crippen molar-refractivity contribution in [2.24, 2.45) is 35.5 Å². The first-order chi connectivity index (χ1) is 14.5. The van der Waals surface area contributed by atoms with Crippen molar-refractivity contribution in [3.8, 4) is 0 Å². The smallest absolute Gasteiger partial charge is 0.207 e. The van der Waals surface area contributed by atoms with Gasteiger partial charge in [-0.1, -0.05) is 42.3 Å². The SMILES string of the molecule is C=C(C)C[C@@H]1C[C@H](C)[C@H]2CC[C@](C)(NS(=O)(=O)c3ccc(C)cc3)[C@H]3CCC(=C)[C@@H]1[C@H]23. The molecule has 3 saturated carbocycles. The molecule has 3 aliphatic rings. The molecule has 31 heavy (non-hydrogen) atoms. The summed E-state index contributed by atoms with van der Waals surface area (Å²) in [5.74, 6) is 3.33. The molecule has 4 heteroatoms. The first-order valence-corrected chi connectivity index (χ1v) is 13.4. The quantitative estimate of drug-likeness (QED) is 0.548. The number of sulfonamides is 1. The van der Waals surface area contributed by atoms with Crippen LogP contribution in [0.1, 0.15) is 64.9 Å². The number of rotatable bonds is 5. The molecule has 1 N–H and O–H groups in total. The molecule has 0 radical (unpaired) electrons. The van der Waals surface area contributed by atoms with Crippen molar-refractivity contribution in [1.29, 1.82) is 0 Å². The van der Waals surface area contributed by atoms with E-state index in [-0.39, 0.29) is 0 Å². The van der Waals surface area contributed by atoms with Gasteiger partial charge in [0, 0.05) is 5.54 Å². The Labute approximate surface area is 189 Å². The Morgan fingerprint density at radius 2 is 1.90 bits per heavy atom. The maximum absolute atomic E-state index is 13.3. The third-order valence-electron chi connectivity index (χ3n) is 8.66. The van der Waals surface area contributed by atoms with E-state index in [0.29, 0.717) is 40.4 Å². The van der Waals surface area contributed by atoms with Gasteiger partial charge < -0.3 is 0 Å². The Morgan fingerprint density at radius 1 is 1.23 bits per heavy atom. The van der Waals surface area contributed by atoms with E-state index in [9.17, 15) is 8.42 Å². The fourth-order valence-electron chi connectivity index (χ4n) is 7.35. The average Bonchev–Trinajstić information content (AvgIpc) is 2.66. The van der Waals surface area contributed by atoms with Gasteiger partial charge in [-0.3, -0.25) is 0 Å². The lowest BCUT2D eigenvalue weighted by Gasteiger charge is -2.60. The van der Waals surface area contributed by atoms with Crippen molar-refractivity contribution in [3.05, 3.63) is 54.1 Å². The highest BCUT2D eigenvalue weighted by atomic mass is 32.2. The molecule has 0 heterocycles. The summed E-state index contributed by atoms with van der Waals surface area (Å²) in [6, 6.07) is 7.20. The zero-order chi connectivity index (χ0) is 22.6. The van der Waals surface area contributed by atoms with Gasteiger partial charge in [-0.05, 0) is 107 Å². The Morgan fingerprint density at radius 3 is 2.55 bits per heavy atom. The molecule has 170 valence electrons. The first kappa shape index (κ1) is 22.8. The van der Waals surface area contributed by atoms with Gasteiger partial charge in [0.05, 0.1) is 4.90 Å². The molecule has 7 atom stereocenters. The summed E-state index contributed by atoms with van der Waals surface area (Å²) in [4.78, 5) is 0.371. The summed E-state index contributed by atoms with van der Waals surface area (Å²) in [5.41, 5.74) is 3.31. The maximum Gasteiger partial charge on any atom is 0.241 e. The molecule has 0 bridgehead atoms. The minimum atomic E-state index is -3.56. The summed E-state index contributed by atoms with van der Waals surface area (Å²) in [6.07, 6.45) is 6.38. The molecular formula is C27H39NO2S. The molecular weight excluding hydrogens is 402 g/mol. The molecule has 0 saturated heterocycles. The number of allylic oxidation sites excluding steroid dienone is 2. The monoisotopic (exact) mass is 441 g/mol. The topological polar surface area (TPSA) is 46.2 Å². The van der Waals surface area contributed by atoms with Gasteiger partial charge in [0.15, 0.2) is 0 Å². The summed E-state index contributed by atoms with van der Waals surface area (Å²) < 4.78 is 29.9. The van der Waals surface area contributed by atoms with Crippen LogP contribution in [0, 0.1) is 42.4 Å². The highest BCUT2D eigenvalue weighted by molar-refractivity contribution is 7.89. The van der Waals surface area contributed by atoms with Crippen molar-refractivity contribution in [1.82, 2.24) is 4.72 Å². The van der Waals surface area contributed by atoms with Crippen LogP contribution in [0.2, 0.25) is 0 Å². The van der Waals surface area contributed by atoms with E-state index in [1.807, 2.05) is 19.1 Å². The van der Waals surface area contributed by atoms with Crippen LogP contribution in [-0.4, -0.2) is 14.0 Å². The molecule has 4 rings (SSSR count). The van der Waals surface area contributed by atoms with Gasteiger partial charge in [-0.2, -0.15) is 0 Å². The highest BCUT2D eigenvalue weighted by Gasteiger charge is 2.57. The van der Waals surface area contributed by atoms with E-state index in [4.69, 9.17) is 0 Å². The van der Waals surface area contributed by atoms with Crippen LogP contribution in [0.15, 0.2) is 53.5 Å². The van der Waals surface area contributed by atoms with E-state index in [0.717, 1.165) is 37.7 Å². The third-order valence-corrected chi connectivity index (χ3v) is 10.3. The predicted octanol–water partition coefficient (Wildman–Crippen LogP) is 6.26. The van der Waals surface area contributed by atoms with Crippen LogP contribution >= 0.6 is 0 Å². The molecule has 1 aromatic rings. The molecule has 0 amide bonds. The second-order valence-electron chi connectivity index (χ2n) is 11.1. The van der Waals surface area contributed by atoms with Crippen LogP contribution < -0.4 is 4.72 Å². The first-order valence-electron chi connectivity index (χ1n) is 11.9. The Hall–Kier alpha value is -1.39. The summed E-state index contributed by atoms with van der Waals surface area (Å²) in [6.45, 7) is 17.4. The summed E-state index contributed by atoms with van der Waals surface area (Å²) in [5, 5.41) is 0. The van der Waals surface area contributed by atoms with Crippen molar-refractivity contribution in [2.75, 3.05) is 0 Å². The zero-order valence-corrected chi connectivity index (χ0v) is 20.5. The zero-order valence-electron chi connectivity index (χ0n) is 19.7. The molecule has 3 nitrogen and oxygen atoms in total. The number of benzene rings is 1. The van der Waals surface area contributed by atoms with Crippen molar-refractivity contribution < 1.29 is 8.42 Å². The molecule has 0 unspecified atom stereocenters. The van der Waals surface area contributed by atoms with Gasteiger partial charge in [0.1, 0.15) is 0 Å². The summed E-state index contributed by atoms with van der Waals surface area (Å²) in [7, 11) is -3.56. The number of hydrogen-bond acceptors (Lipinski definition) is 2. The number of nitrogens with one attached hydrogen (secondary N) is 1. The molecule has 3 fully saturated rings.